The van der Waals surface area contributed by atoms with Crippen LogP contribution in [0.1, 0.15) is 39.5 Å². The van der Waals surface area contributed by atoms with Crippen molar-refractivity contribution in [3.63, 3.8) is 0 Å². The van der Waals surface area contributed by atoms with Crippen LogP contribution in [-0.2, 0) is 9.53 Å². The molecule has 18 heavy (non-hydrogen) atoms. The van der Waals surface area contributed by atoms with Crippen molar-refractivity contribution in [3.05, 3.63) is 24.2 Å². The number of hydrogen-bond donors (Lipinski definition) is 0. The molecule has 1 aliphatic rings. The molecule has 1 saturated heterocycles. The average Bonchev–Trinajstić information content (AvgIpc) is 2.74. The molecule has 1 fully saturated rings. The largest absolute Gasteiger partial charge is 0.467 e. The number of carbonyl (C=O) groups excluding carboxylic acids is 2. The summed E-state index contributed by atoms with van der Waals surface area (Å²) in [5.74, 6) is 0.113. The Morgan fingerprint density at radius 3 is 2.61 bits per heavy atom. The second-order valence-electron chi connectivity index (χ2n) is 5.44. The Labute approximate surface area is 106 Å². The first kappa shape index (κ1) is 12.7. The van der Waals surface area contributed by atoms with Crippen LogP contribution in [-0.4, -0.2) is 22.5 Å². The minimum Gasteiger partial charge on any atom is -0.467 e. The summed E-state index contributed by atoms with van der Waals surface area (Å²) in [5, 5.41) is 0. The van der Waals surface area contributed by atoms with Gasteiger partial charge in [0.15, 0.2) is 0 Å². The van der Waals surface area contributed by atoms with Gasteiger partial charge in [0.05, 0.1) is 12.2 Å². The van der Waals surface area contributed by atoms with Gasteiger partial charge in [-0.15, -0.1) is 0 Å². The van der Waals surface area contributed by atoms with Gasteiger partial charge in [-0.05, 0) is 32.9 Å². The van der Waals surface area contributed by atoms with E-state index in [4.69, 9.17) is 9.15 Å². The number of amides is 2. The molecule has 0 N–H and O–H groups in total. The highest BCUT2D eigenvalue weighted by Crippen LogP contribution is 2.40. The van der Waals surface area contributed by atoms with E-state index in [1.807, 2.05) is 0 Å². The number of furan rings is 1. The average molecular weight is 251 g/mol. The summed E-state index contributed by atoms with van der Waals surface area (Å²) in [7, 11) is 0. The van der Waals surface area contributed by atoms with Crippen LogP contribution in [0, 0.1) is 5.92 Å². The minimum atomic E-state index is -0.621. The molecule has 2 atom stereocenters. The fourth-order valence-corrected chi connectivity index (χ4v) is 1.98. The summed E-state index contributed by atoms with van der Waals surface area (Å²) in [6.07, 6.45) is 0.907. The molecule has 2 heterocycles. The van der Waals surface area contributed by atoms with Gasteiger partial charge < -0.3 is 9.15 Å². The number of ether oxygens (including phenoxy) is 1. The highest BCUT2D eigenvalue weighted by molar-refractivity contribution is 5.99. The van der Waals surface area contributed by atoms with E-state index in [0.29, 0.717) is 5.76 Å². The summed E-state index contributed by atoms with van der Waals surface area (Å²) >= 11 is 0. The number of β-lactam (4-membered cyclic amide) rings is 1. The van der Waals surface area contributed by atoms with E-state index in [0.717, 1.165) is 4.90 Å². The third-order valence-corrected chi connectivity index (χ3v) is 2.80. The van der Waals surface area contributed by atoms with Gasteiger partial charge in [0.2, 0.25) is 5.91 Å². The molecule has 2 amide bonds. The first-order valence-corrected chi connectivity index (χ1v) is 5.91. The Morgan fingerprint density at radius 2 is 2.11 bits per heavy atom. The Morgan fingerprint density at radius 1 is 1.44 bits per heavy atom. The lowest BCUT2D eigenvalue weighted by Crippen LogP contribution is -2.57. The van der Waals surface area contributed by atoms with E-state index < -0.39 is 11.7 Å². The Hall–Kier alpha value is -1.78. The van der Waals surface area contributed by atoms with Crippen LogP contribution in [0.3, 0.4) is 0 Å². The molecule has 0 spiro atoms. The third kappa shape index (κ3) is 2.12. The molecule has 98 valence electrons. The van der Waals surface area contributed by atoms with Gasteiger partial charge in [0, 0.05) is 0 Å². The Balaban J connectivity index is 2.16. The van der Waals surface area contributed by atoms with Crippen LogP contribution in [0.2, 0.25) is 0 Å². The minimum absolute atomic E-state index is 0.231. The molecule has 0 aromatic carbocycles. The van der Waals surface area contributed by atoms with E-state index in [9.17, 15) is 9.59 Å². The molecule has 0 aliphatic carbocycles. The number of nitrogens with zero attached hydrogens (tertiary/aromatic N) is 1. The summed E-state index contributed by atoms with van der Waals surface area (Å²) in [4.78, 5) is 24.8. The maximum atomic E-state index is 11.9. The van der Waals surface area contributed by atoms with Crippen molar-refractivity contribution < 1.29 is 18.7 Å². The molecule has 0 saturated carbocycles. The van der Waals surface area contributed by atoms with Crippen LogP contribution in [0.5, 0.6) is 0 Å². The molecular weight excluding hydrogens is 234 g/mol. The lowest BCUT2D eigenvalue weighted by molar-refractivity contribution is -0.154. The maximum Gasteiger partial charge on any atom is 0.417 e. The maximum absolute atomic E-state index is 11.9. The van der Waals surface area contributed by atoms with Crippen molar-refractivity contribution in [3.8, 4) is 0 Å². The van der Waals surface area contributed by atoms with E-state index in [2.05, 4.69) is 0 Å². The molecule has 0 unspecified atom stereocenters. The van der Waals surface area contributed by atoms with Gasteiger partial charge in [0.1, 0.15) is 17.4 Å². The first-order chi connectivity index (χ1) is 8.31. The molecule has 2 rings (SSSR count). The molecule has 0 bridgehead atoms. The molecular formula is C13H17NO4. The predicted octanol–water partition coefficient (Wildman–Crippen LogP) is 2.73. The summed E-state index contributed by atoms with van der Waals surface area (Å²) in [6, 6.07) is 3.13. The van der Waals surface area contributed by atoms with E-state index >= 15 is 0 Å². The van der Waals surface area contributed by atoms with Crippen molar-refractivity contribution in [1.29, 1.82) is 0 Å². The number of carbonyl (C=O) groups is 2. The lowest BCUT2D eigenvalue weighted by Gasteiger charge is -2.42. The van der Waals surface area contributed by atoms with Gasteiger partial charge >= 0.3 is 6.09 Å². The molecule has 1 aromatic rings. The molecule has 0 radical (unpaired) electrons. The molecule has 5 nitrogen and oxygen atoms in total. The fraction of sp³-hybridized carbons (Fsp3) is 0.538. The van der Waals surface area contributed by atoms with Crippen molar-refractivity contribution >= 4 is 12.0 Å². The normalized spacial score (nSPS) is 23.8. The van der Waals surface area contributed by atoms with E-state index in [-0.39, 0.29) is 17.9 Å². The summed E-state index contributed by atoms with van der Waals surface area (Å²) in [6.45, 7) is 7.07. The molecule has 1 aromatic heterocycles. The van der Waals surface area contributed by atoms with Crippen LogP contribution in [0.25, 0.3) is 0 Å². The molecule has 1 aliphatic heterocycles. The van der Waals surface area contributed by atoms with Gasteiger partial charge in [-0.3, -0.25) is 4.79 Å². The SMILES string of the molecule is C[C@H]1C(=O)N(C(=O)OC(C)(C)C)[C@H]1c1ccco1. The Bertz CT molecular complexity index is 458. The zero-order valence-corrected chi connectivity index (χ0v) is 11.0. The van der Waals surface area contributed by atoms with Gasteiger partial charge in [-0.25, -0.2) is 9.69 Å². The molecule has 5 heteroatoms. The van der Waals surface area contributed by atoms with Crippen LogP contribution >= 0.6 is 0 Å². The lowest BCUT2D eigenvalue weighted by atomic mass is 9.88. The number of imide groups is 1. The first-order valence-electron chi connectivity index (χ1n) is 5.91. The van der Waals surface area contributed by atoms with E-state index in [1.54, 1.807) is 39.8 Å². The summed E-state index contributed by atoms with van der Waals surface area (Å²) < 4.78 is 10.5. The van der Waals surface area contributed by atoms with Crippen LogP contribution in [0.4, 0.5) is 4.79 Å². The fourth-order valence-electron chi connectivity index (χ4n) is 1.98. The van der Waals surface area contributed by atoms with Gasteiger partial charge in [-0.1, -0.05) is 6.92 Å². The van der Waals surface area contributed by atoms with E-state index in [1.165, 1.54) is 6.26 Å². The van der Waals surface area contributed by atoms with Crippen molar-refractivity contribution in [1.82, 2.24) is 4.90 Å². The topological polar surface area (TPSA) is 59.8 Å². The van der Waals surface area contributed by atoms with Crippen molar-refractivity contribution in [2.24, 2.45) is 5.92 Å². The van der Waals surface area contributed by atoms with Crippen LogP contribution in [0.15, 0.2) is 22.8 Å². The second-order valence-corrected chi connectivity index (χ2v) is 5.44. The summed E-state index contributed by atoms with van der Waals surface area (Å²) in [5.41, 5.74) is -0.621. The second kappa shape index (κ2) is 4.15. The third-order valence-electron chi connectivity index (χ3n) is 2.80. The highest BCUT2D eigenvalue weighted by atomic mass is 16.6. The number of hydrogen-bond acceptors (Lipinski definition) is 4. The van der Waals surface area contributed by atoms with Crippen LogP contribution < -0.4 is 0 Å². The monoisotopic (exact) mass is 251 g/mol. The smallest absolute Gasteiger partial charge is 0.417 e. The number of rotatable bonds is 1. The zero-order valence-electron chi connectivity index (χ0n) is 11.0. The van der Waals surface area contributed by atoms with Gasteiger partial charge in [0.25, 0.3) is 0 Å². The predicted molar refractivity (Wildman–Crippen MR) is 63.7 cm³/mol. The number of likely N-dealkylation sites (tertiary alicyclic amines) is 1. The van der Waals surface area contributed by atoms with Crippen molar-refractivity contribution in [2.75, 3.05) is 0 Å². The zero-order chi connectivity index (χ0) is 13.5. The van der Waals surface area contributed by atoms with Crippen molar-refractivity contribution in [2.45, 2.75) is 39.3 Å². The Kier molecular flexibility index (Phi) is 2.92. The van der Waals surface area contributed by atoms with Gasteiger partial charge in [-0.2, -0.15) is 0 Å². The standard InChI is InChI=1S/C13H17NO4/c1-8-10(9-6-5-7-17-9)14(11(8)15)12(16)18-13(2,3)4/h5-8,10H,1-4H3/t8-,10-/m1/s1. The quantitative estimate of drug-likeness (QED) is 0.720. The highest BCUT2D eigenvalue weighted by Gasteiger charge is 2.51.